The molecule has 0 aliphatic carbocycles. The van der Waals surface area contributed by atoms with Gasteiger partial charge in [0.05, 0.1) is 12.3 Å². The topological polar surface area (TPSA) is 38.0 Å². The second-order valence-electron chi connectivity index (χ2n) is 3.82. The summed E-state index contributed by atoms with van der Waals surface area (Å²) in [6.45, 7) is 3.49. The van der Waals surface area contributed by atoms with E-state index >= 15 is 0 Å². The first-order valence-corrected chi connectivity index (χ1v) is 5.07. The Morgan fingerprint density at radius 3 is 2.75 bits per heavy atom. The third kappa shape index (κ3) is 1.84. The molecular weight excluding hydrogens is 207 g/mol. The molecule has 1 aromatic carbocycles. The fourth-order valence-electron chi connectivity index (χ4n) is 1.65. The number of hydrogen-bond acceptors (Lipinski definition) is 2. The van der Waals surface area contributed by atoms with Gasteiger partial charge in [0.25, 0.3) is 0 Å². The van der Waals surface area contributed by atoms with Gasteiger partial charge in [0, 0.05) is 11.8 Å². The Morgan fingerprint density at radius 2 is 2.19 bits per heavy atom. The van der Waals surface area contributed by atoms with Crippen molar-refractivity contribution in [3.63, 3.8) is 0 Å². The van der Waals surface area contributed by atoms with Gasteiger partial charge in [-0.05, 0) is 25.5 Å². The first kappa shape index (κ1) is 10.8. The highest BCUT2D eigenvalue weighted by Crippen LogP contribution is 2.23. The van der Waals surface area contributed by atoms with Crippen molar-refractivity contribution in [3.8, 4) is 5.69 Å². The van der Waals surface area contributed by atoms with Gasteiger partial charge in [-0.3, -0.25) is 0 Å². The average molecular weight is 220 g/mol. The molecule has 84 valence electrons. The molecule has 0 fully saturated rings. The zero-order valence-corrected chi connectivity index (χ0v) is 9.18. The number of hydrogen-bond donors (Lipinski definition) is 1. The molecule has 1 N–H and O–H groups in total. The van der Waals surface area contributed by atoms with E-state index in [4.69, 9.17) is 0 Å². The number of aliphatic hydroxyl groups excluding tert-OH is 1. The molecule has 16 heavy (non-hydrogen) atoms. The molecule has 1 aromatic heterocycles. The Kier molecular flexibility index (Phi) is 2.75. The van der Waals surface area contributed by atoms with Gasteiger partial charge in [-0.2, -0.15) is 5.10 Å². The Morgan fingerprint density at radius 1 is 1.44 bits per heavy atom. The smallest absolute Gasteiger partial charge is 0.149 e. The van der Waals surface area contributed by atoms with Crippen molar-refractivity contribution in [3.05, 3.63) is 47.5 Å². The summed E-state index contributed by atoms with van der Waals surface area (Å²) in [7, 11) is 0. The van der Waals surface area contributed by atoms with E-state index < -0.39 is 6.10 Å². The second-order valence-corrected chi connectivity index (χ2v) is 3.82. The van der Waals surface area contributed by atoms with Gasteiger partial charge in [0.15, 0.2) is 0 Å². The van der Waals surface area contributed by atoms with Crippen LogP contribution in [0, 0.1) is 12.7 Å². The lowest BCUT2D eigenvalue weighted by atomic mass is 10.1. The number of aromatic nitrogens is 2. The van der Waals surface area contributed by atoms with Crippen molar-refractivity contribution in [2.75, 3.05) is 0 Å². The minimum absolute atomic E-state index is 0.311. The van der Waals surface area contributed by atoms with Crippen LogP contribution in [0.3, 0.4) is 0 Å². The molecule has 0 aliphatic heterocycles. The zero-order valence-electron chi connectivity index (χ0n) is 9.18. The van der Waals surface area contributed by atoms with Crippen LogP contribution in [0.1, 0.15) is 24.2 Å². The molecule has 0 bridgehead atoms. The number of nitrogens with zero attached hydrogens (tertiary/aromatic N) is 2. The van der Waals surface area contributed by atoms with Crippen LogP contribution in [0.2, 0.25) is 0 Å². The summed E-state index contributed by atoms with van der Waals surface area (Å²) in [5.74, 6) is -0.387. The van der Waals surface area contributed by atoms with E-state index in [9.17, 15) is 9.50 Å². The van der Waals surface area contributed by atoms with Crippen LogP contribution < -0.4 is 0 Å². The lowest BCUT2D eigenvalue weighted by molar-refractivity contribution is 0.198. The molecule has 4 heteroatoms. The second kappa shape index (κ2) is 4.06. The number of benzene rings is 1. The molecule has 3 nitrogen and oxygen atoms in total. The Labute approximate surface area is 93.2 Å². The zero-order chi connectivity index (χ0) is 11.7. The third-order valence-corrected chi connectivity index (χ3v) is 2.41. The van der Waals surface area contributed by atoms with Crippen molar-refractivity contribution in [1.82, 2.24) is 9.78 Å². The third-order valence-electron chi connectivity index (χ3n) is 2.41. The van der Waals surface area contributed by atoms with Crippen LogP contribution in [0.5, 0.6) is 0 Å². The predicted molar refractivity (Wildman–Crippen MR) is 58.9 cm³/mol. The Bertz CT molecular complexity index is 505. The molecule has 1 heterocycles. The molecule has 0 saturated heterocycles. The SMILES string of the molecule is Cc1cnn(-c2c(F)cccc2[C@H](C)O)c1. The summed E-state index contributed by atoms with van der Waals surface area (Å²) in [5.41, 5.74) is 1.79. The van der Waals surface area contributed by atoms with Crippen molar-refractivity contribution >= 4 is 0 Å². The van der Waals surface area contributed by atoms with E-state index in [-0.39, 0.29) is 5.82 Å². The predicted octanol–water partition coefficient (Wildman–Crippen LogP) is 2.37. The number of aliphatic hydroxyl groups is 1. The van der Waals surface area contributed by atoms with E-state index in [0.29, 0.717) is 11.3 Å². The van der Waals surface area contributed by atoms with Gasteiger partial charge >= 0.3 is 0 Å². The summed E-state index contributed by atoms with van der Waals surface area (Å²) in [6.07, 6.45) is 2.65. The van der Waals surface area contributed by atoms with Crippen molar-refractivity contribution in [2.45, 2.75) is 20.0 Å². The molecule has 0 amide bonds. The molecule has 0 radical (unpaired) electrons. The van der Waals surface area contributed by atoms with Crippen LogP contribution in [0.15, 0.2) is 30.6 Å². The maximum Gasteiger partial charge on any atom is 0.149 e. The fraction of sp³-hybridized carbons (Fsp3) is 0.250. The fourth-order valence-corrected chi connectivity index (χ4v) is 1.65. The van der Waals surface area contributed by atoms with Gasteiger partial charge in [-0.25, -0.2) is 9.07 Å². The van der Waals surface area contributed by atoms with Gasteiger partial charge in [-0.15, -0.1) is 0 Å². The lowest BCUT2D eigenvalue weighted by Gasteiger charge is -2.12. The molecule has 2 rings (SSSR count). The minimum Gasteiger partial charge on any atom is -0.389 e. The summed E-state index contributed by atoms with van der Waals surface area (Å²) >= 11 is 0. The van der Waals surface area contributed by atoms with Crippen LogP contribution >= 0.6 is 0 Å². The quantitative estimate of drug-likeness (QED) is 0.843. The van der Waals surface area contributed by atoms with Gasteiger partial charge < -0.3 is 5.11 Å². The molecule has 0 saturated carbocycles. The molecule has 0 spiro atoms. The van der Waals surface area contributed by atoms with E-state index in [0.717, 1.165) is 5.56 Å². The van der Waals surface area contributed by atoms with Crippen LogP contribution in [-0.2, 0) is 0 Å². The van der Waals surface area contributed by atoms with E-state index in [1.165, 1.54) is 10.7 Å². The Balaban J connectivity index is 2.62. The largest absolute Gasteiger partial charge is 0.389 e. The average Bonchev–Trinajstić information content (AvgIpc) is 2.64. The van der Waals surface area contributed by atoms with E-state index in [1.54, 1.807) is 31.5 Å². The summed E-state index contributed by atoms with van der Waals surface area (Å²) in [5, 5.41) is 13.6. The van der Waals surface area contributed by atoms with Crippen LogP contribution in [0.25, 0.3) is 5.69 Å². The van der Waals surface area contributed by atoms with E-state index in [2.05, 4.69) is 5.10 Å². The summed E-state index contributed by atoms with van der Waals surface area (Å²) in [6, 6.07) is 4.63. The molecule has 2 aromatic rings. The van der Waals surface area contributed by atoms with Gasteiger partial charge in [0.1, 0.15) is 11.5 Å². The first-order chi connectivity index (χ1) is 7.59. The minimum atomic E-state index is -0.727. The monoisotopic (exact) mass is 220 g/mol. The maximum absolute atomic E-state index is 13.7. The number of rotatable bonds is 2. The van der Waals surface area contributed by atoms with Crippen LogP contribution in [-0.4, -0.2) is 14.9 Å². The lowest BCUT2D eigenvalue weighted by Crippen LogP contribution is -2.05. The standard InChI is InChI=1S/C12H13FN2O/c1-8-6-14-15(7-8)12-10(9(2)16)4-3-5-11(12)13/h3-7,9,16H,1-2H3/t9-/m0/s1. The molecule has 0 aliphatic rings. The van der Waals surface area contributed by atoms with Gasteiger partial charge in [-0.1, -0.05) is 12.1 Å². The summed E-state index contributed by atoms with van der Waals surface area (Å²) < 4.78 is 15.2. The number of aryl methyl sites for hydroxylation is 1. The first-order valence-electron chi connectivity index (χ1n) is 5.07. The Hall–Kier alpha value is -1.68. The molecular formula is C12H13FN2O. The highest BCUT2D eigenvalue weighted by atomic mass is 19.1. The van der Waals surface area contributed by atoms with E-state index in [1.807, 2.05) is 6.92 Å². The van der Waals surface area contributed by atoms with Crippen molar-refractivity contribution in [2.24, 2.45) is 0 Å². The highest BCUT2D eigenvalue weighted by Gasteiger charge is 2.14. The normalized spacial score (nSPS) is 12.8. The van der Waals surface area contributed by atoms with Gasteiger partial charge in [0.2, 0.25) is 0 Å². The van der Waals surface area contributed by atoms with Crippen LogP contribution in [0.4, 0.5) is 4.39 Å². The van der Waals surface area contributed by atoms with Crippen molar-refractivity contribution in [1.29, 1.82) is 0 Å². The van der Waals surface area contributed by atoms with Crippen molar-refractivity contribution < 1.29 is 9.50 Å². The molecule has 0 unspecified atom stereocenters. The maximum atomic E-state index is 13.7. The number of halogens is 1. The summed E-state index contributed by atoms with van der Waals surface area (Å²) in [4.78, 5) is 0. The highest BCUT2D eigenvalue weighted by molar-refractivity contribution is 5.43. The number of para-hydroxylation sites is 1. The molecule has 1 atom stereocenters.